The van der Waals surface area contributed by atoms with Crippen molar-refractivity contribution in [3.63, 3.8) is 0 Å². The molecular weight excluding hydrogens is 258 g/mol. The van der Waals surface area contributed by atoms with E-state index in [-0.39, 0.29) is 0 Å². The molecule has 0 spiro atoms. The highest BCUT2D eigenvalue weighted by Crippen LogP contribution is 2.28. The Kier molecular flexibility index (Phi) is 5.06. The average molecular weight is 278 g/mol. The third kappa shape index (κ3) is 4.12. The molecule has 0 amide bonds. The zero-order valence-electron chi connectivity index (χ0n) is 11.4. The van der Waals surface area contributed by atoms with Gasteiger partial charge in [0, 0.05) is 5.56 Å². The molecule has 0 atom stereocenters. The van der Waals surface area contributed by atoms with Crippen LogP contribution in [0.3, 0.4) is 0 Å². The number of nitrogens with one attached hydrogen (secondary N) is 1. The lowest BCUT2D eigenvalue weighted by molar-refractivity contribution is 0.474. The third-order valence-electron chi connectivity index (χ3n) is 3.00. The van der Waals surface area contributed by atoms with Crippen molar-refractivity contribution < 1.29 is 4.42 Å². The lowest BCUT2D eigenvalue weighted by atomic mass is 10.1. The van der Waals surface area contributed by atoms with Crippen molar-refractivity contribution in [3.05, 3.63) is 47.2 Å². The van der Waals surface area contributed by atoms with Crippen LogP contribution in [0.15, 0.2) is 40.8 Å². The van der Waals surface area contributed by atoms with Gasteiger partial charge in [0.15, 0.2) is 0 Å². The van der Waals surface area contributed by atoms with Gasteiger partial charge in [-0.3, -0.25) is 0 Å². The van der Waals surface area contributed by atoms with Crippen molar-refractivity contribution in [3.8, 4) is 11.3 Å². The molecule has 2 nitrogen and oxygen atoms in total. The summed E-state index contributed by atoms with van der Waals surface area (Å²) in [5.74, 6) is 2.49. The van der Waals surface area contributed by atoms with Gasteiger partial charge in [-0.1, -0.05) is 37.6 Å². The lowest BCUT2D eigenvalue weighted by Gasteiger charge is -2.05. The molecule has 0 unspecified atom stereocenters. The molecule has 3 heteroatoms. The predicted octanol–water partition coefficient (Wildman–Crippen LogP) is 4.74. The van der Waals surface area contributed by atoms with Gasteiger partial charge in [0.2, 0.25) is 0 Å². The molecule has 0 radical (unpaired) electrons. The van der Waals surface area contributed by atoms with Crippen LogP contribution in [-0.2, 0) is 6.54 Å². The smallest absolute Gasteiger partial charge is 0.135 e. The molecule has 2 aromatic rings. The molecule has 0 aliphatic heterocycles. The van der Waals surface area contributed by atoms with Gasteiger partial charge < -0.3 is 9.73 Å². The minimum atomic E-state index is 0.719. The molecular formula is C16H20ClNO. The molecule has 1 heterocycles. The van der Waals surface area contributed by atoms with Crippen LogP contribution in [0.5, 0.6) is 0 Å². The lowest BCUT2D eigenvalue weighted by Crippen LogP contribution is -2.15. The minimum Gasteiger partial charge on any atom is -0.460 e. The second-order valence-electron chi connectivity index (χ2n) is 5.11. The molecule has 102 valence electrons. The van der Waals surface area contributed by atoms with Gasteiger partial charge in [-0.25, -0.2) is 0 Å². The van der Waals surface area contributed by atoms with E-state index in [1.807, 2.05) is 36.4 Å². The maximum Gasteiger partial charge on any atom is 0.135 e. The van der Waals surface area contributed by atoms with E-state index < -0.39 is 0 Å². The van der Waals surface area contributed by atoms with Crippen LogP contribution in [0.2, 0.25) is 5.02 Å². The summed E-state index contributed by atoms with van der Waals surface area (Å²) in [7, 11) is 0. The zero-order valence-corrected chi connectivity index (χ0v) is 12.2. The average Bonchev–Trinajstić information content (AvgIpc) is 2.83. The Morgan fingerprint density at radius 1 is 1.16 bits per heavy atom. The highest BCUT2D eigenvalue weighted by Gasteiger charge is 2.07. The van der Waals surface area contributed by atoms with Gasteiger partial charge in [0.1, 0.15) is 11.5 Å². The van der Waals surface area contributed by atoms with Crippen molar-refractivity contribution >= 4 is 11.6 Å². The van der Waals surface area contributed by atoms with Crippen LogP contribution >= 0.6 is 11.6 Å². The summed E-state index contributed by atoms with van der Waals surface area (Å²) in [6.45, 7) is 6.23. The molecule has 19 heavy (non-hydrogen) atoms. The van der Waals surface area contributed by atoms with E-state index in [4.69, 9.17) is 16.0 Å². The molecule has 0 bridgehead atoms. The molecule has 1 aromatic heterocycles. The summed E-state index contributed by atoms with van der Waals surface area (Å²) in [5, 5.41) is 4.10. The van der Waals surface area contributed by atoms with Gasteiger partial charge in [-0.2, -0.15) is 0 Å². The summed E-state index contributed by atoms with van der Waals surface area (Å²) in [5.41, 5.74) is 0.942. The third-order valence-corrected chi connectivity index (χ3v) is 3.33. The van der Waals surface area contributed by atoms with E-state index in [0.29, 0.717) is 0 Å². The van der Waals surface area contributed by atoms with Crippen molar-refractivity contribution in [1.29, 1.82) is 0 Å². The first-order chi connectivity index (χ1) is 9.16. The van der Waals surface area contributed by atoms with E-state index in [9.17, 15) is 0 Å². The summed E-state index contributed by atoms with van der Waals surface area (Å²) < 4.78 is 5.81. The number of rotatable bonds is 6. The van der Waals surface area contributed by atoms with Gasteiger partial charge in [0.05, 0.1) is 11.6 Å². The molecule has 0 saturated heterocycles. The molecule has 2 rings (SSSR count). The number of hydrogen-bond acceptors (Lipinski definition) is 2. The molecule has 1 aromatic carbocycles. The van der Waals surface area contributed by atoms with Gasteiger partial charge in [-0.15, -0.1) is 0 Å². The second-order valence-corrected chi connectivity index (χ2v) is 5.51. The van der Waals surface area contributed by atoms with Crippen molar-refractivity contribution in [2.75, 3.05) is 6.54 Å². The standard InChI is InChI=1S/C16H20ClNO/c1-12(2)9-10-18-11-13-7-8-16(19-13)14-5-3-4-6-15(14)17/h3-8,12,18H,9-11H2,1-2H3. The van der Waals surface area contributed by atoms with Crippen LogP contribution in [0.1, 0.15) is 26.0 Å². The van der Waals surface area contributed by atoms with Gasteiger partial charge in [-0.05, 0) is 43.1 Å². The van der Waals surface area contributed by atoms with E-state index >= 15 is 0 Å². The van der Waals surface area contributed by atoms with E-state index in [2.05, 4.69) is 19.2 Å². The van der Waals surface area contributed by atoms with Crippen LogP contribution < -0.4 is 5.32 Å². The first-order valence-corrected chi connectivity index (χ1v) is 7.09. The molecule has 0 aliphatic carbocycles. The van der Waals surface area contributed by atoms with E-state index in [1.54, 1.807) is 0 Å². The van der Waals surface area contributed by atoms with Crippen molar-refractivity contribution in [1.82, 2.24) is 5.32 Å². The first kappa shape index (κ1) is 14.2. The summed E-state index contributed by atoms with van der Waals surface area (Å²) >= 11 is 6.15. The summed E-state index contributed by atoms with van der Waals surface area (Å²) in [6.07, 6.45) is 1.18. The Morgan fingerprint density at radius 3 is 2.68 bits per heavy atom. The Hall–Kier alpha value is -1.25. The predicted molar refractivity (Wildman–Crippen MR) is 80.3 cm³/mol. The topological polar surface area (TPSA) is 25.2 Å². The quantitative estimate of drug-likeness (QED) is 0.772. The molecule has 0 saturated carbocycles. The minimum absolute atomic E-state index is 0.719. The van der Waals surface area contributed by atoms with Gasteiger partial charge in [0.25, 0.3) is 0 Å². The van der Waals surface area contributed by atoms with Crippen molar-refractivity contribution in [2.24, 2.45) is 5.92 Å². The highest BCUT2D eigenvalue weighted by molar-refractivity contribution is 6.33. The normalized spacial score (nSPS) is 11.2. The maximum atomic E-state index is 6.15. The first-order valence-electron chi connectivity index (χ1n) is 6.71. The Labute approximate surface area is 119 Å². The molecule has 0 fully saturated rings. The fourth-order valence-electron chi connectivity index (χ4n) is 1.88. The second kappa shape index (κ2) is 6.78. The SMILES string of the molecule is CC(C)CCNCc1ccc(-c2ccccc2Cl)o1. The Bertz CT molecular complexity index is 519. The maximum absolute atomic E-state index is 6.15. The van der Waals surface area contributed by atoms with Gasteiger partial charge >= 0.3 is 0 Å². The summed E-state index contributed by atoms with van der Waals surface area (Å²) in [4.78, 5) is 0. The Balaban J connectivity index is 1.94. The van der Waals surface area contributed by atoms with Crippen LogP contribution in [0.25, 0.3) is 11.3 Å². The Morgan fingerprint density at radius 2 is 1.95 bits per heavy atom. The van der Waals surface area contributed by atoms with E-state index in [0.717, 1.165) is 41.1 Å². The fourth-order valence-corrected chi connectivity index (χ4v) is 2.11. The number of hydrogen-bond donors (Lipinski definition) is 1. The van der Waals surface area contributed by atoms with Crippen LogP contribution in [0, 0.1) is 5.92 Å². The summed E-state index contributed by atoms with van der Waals surface area (Å²) in [6, 6.07) is 11.7. The largest absolute Gasteiger partial charge is 0.460 e. The monoisotopic (exact) mass is 277 g/mol. The molecule has 1 N–H and O–H groups in total. The molecule has 0 aliphatic rings. The number of halogens is 1. The zero-order chi connectivity index (χ0) is 13.7. The van der Waals surface area contributed by atoms with E-state index in [1.165, 1.54) is 6.42 Å². The number of benzene rings is 1. The van der Waals surface area contributed by atoms with Crippen LogP contribution in [-0.4, -0.2) is 6.54 Å². The van der Waals surface area contributed by atoms with Crippen molar-refractivity contribution in [2.45, 2.75) is 26.8 Å². The number of furan rings is 1. The highest BCUT2D eigenvalue weighted by atomic mass is 35.5. The van der Waals surface area contributed by atoms with Crippen LogP contribution in [0.4, 0.5) is 0 Å². The fraction of sp³-hybridized carbons (Fsp3) is 0.375.